The molecule has 28 heavy (non-hydrogen) atoms. The van der Waals surface area contributed by atoms with Crippen LogP contribution in [0.1, 0.15) is 105 Å². The van der Waals surface area contributed by atoms with E-state index in [4.69, 9.17) is 4.74 Å². The molecule has 4 aliphatic carbocycles. The normalized spacial score (nSPS) is 46.2. The van der Waals surface area contributed by atoms with E-state index < -0.39 is 0 Å². The molecule has 8 atom stereocenters. The van der Waals surface area contributed by atoms with Crippen molar-refractivity contribution in [3.8, 4) is 0 Å². The van der Waals surface area contributed by atoms with Crippen LogP contribution in [0.2, 0.25) is 0 Å². The number of rotatable bonds is 5. The van der Waals surface area contributed by atoms with Gasteiger partial charge in [-0.1, -0.05) is 33.6 Å². The summed E-state index contributed by atoms with van der Waals surface area (Å²) in [6.07, 6.45) is 16.4. The third-order valence-corrected chi connectivity index (χ3v) is 10.5. The van der Waals surface area contributed by atoms with Gasteiger partial charge in [0.1, 0.15) is 0 Å². The molecule has 2 nitrogen and oxygen atoms in total. The third kappa shape index (κ3) is 3.35. The van der Waals surface area contributed by atoms with E-state index >= 15 is 0 Å². The van der Waals surface area contributed by atoms with Crippen LogP contribution in [0, 0.1) is 46.3 Å². The molecule has 4 aliphatic rings. The van der Waals surface area contributed by atoms with Gasteiger partial charge < -0.3 is 4.74 Å². The molecule has 160 valence electrons. The minimum atomic E-state index is 0.00121. The molecule has 0 aromatic carbocycles. The van der Waals surface area contributed by atoms with Crippen LogP contribution in [-0.2, 0) is 9.53 Å². The first kappa shape index (κ1) is 20.7. The van der Waals surface area contributed by atoms with Gasteiger partial charge in [0.05, 0.1) is 6.61 Å². The molecule has 2 heteroatoms. The van der Waals surface area contributed by atoms with E-state index in [9.17, 15) is 4.79 Å². The second-order valence-electron chi connectivity index (χ2n) is 11.5. The van der Waals surface area contributed by atoms with Crippen LogP contribution in [0.5, 0.6) is 0 Å². The summed E-state index contributed by atoms with van der Waals surface area (Å²) >= 11 is 0. The van der Waals surface area contributed by atoms with Gasteiger partial charge in [0, 0.05) is 6.42 Å². The van der Waals surface area contributed by atoms with E-state index in [0.717, 1.165) is 36.0 Å². The molecule has 0 saturated heterocycles. The molecule has 0 radical (unpaired) electrons. The predicted octanol–water partition coefficient (Wildman–Crippen LogP) is 7.01. The lowest BCUT2D eigenvalue weighted by Gasteiger charge is -2.61. The van der Waals surface area contributed by atoms with Crippen LogP contribution in [0.25, 0.3) is 0 Å². The summed E-state index contributed by atoms with van der Waals surface area (Å²) in [6, 6.07) is 0. The SMILES string of the molecule is CCOC(=O)CC[C@H](C)[C@@H]1CC[C@@H]2[C@H]3CC[C@H]4CCCC[C@]4(C)[C@@H]3CC[C@@]21C. The van der Waals surface area contributed by atoms with E-state index in [0.29, 0.717) is 29.8 Å². The smallest absolute Gasteiger partial charge is 0.305 e. The quantitative estimate of drug-likeness (QED) is 0.473. The highest BCUT2D eigenvalue weighted by molar-refractivity contribution is 5.69. The Balaban J connectivity index is 1.45. The van der Waals surface area contributed by atoms with Crippen molar-refractivity contribution in [1.29, 1.82) is 0 Å². The van der Waals surface area contributed by atoms with Gasteiger partial charge in [-0.2, -0.15) is 0 Å². The maximum Gasteiger partial charge on any atom is 0.305 e. The molecule has 0 aliphatic heterocycles. The van der Waals surface area contributed by atoms with Gasteiger partial charge in [-0.25, -0.2) is 0 Å². The minimum Gasteiger partial charge on any atom is -0.466 e. The first-order chi connectivity index (χ1) is 13.4. The number of hydrogen-bond acceptors (Lipinski definition) is 2. The molecule has 4 saturated carbocycles. The molecule has 4 rings (SSSR count). The summed E-state index contributed by atoms with van der Waals surface area (Å²) in [4.78, 5) is 11.9. The van der Waals surface area contributed by atoms with Crippen molar-refractivity contribution in [2.75, 3.05) is 6.61 Å². The average Bonchev–Trinajstić information content (AvgIpc) is 3.03. The minimum absolute atomic E-state index is 0.00121. The summed E-state index contributed by atoms with van der Waals surface area (Å²) in [5, 5.41) is 0. The molecule has 0 bridgehead atoms. The maximum atomic E-state index is 11.9. The molecule has 0 N–H and O–H groups in total. The fourth-order valence-electron chi connectivity index (χ4n) is 9.05. The van der Waals surface area contributed by atoms with Gasteiger partial charge in [0.2, 0.25) is 0 Å². The van der Waals surface area contributed by atoms with Gasteiger partial charge in [-0.3, -0.25) is 4.79 Å². The molecule has 0 aromatic rings. The lowest BCUT2D eigenvalue weighted by molar-refractivity contribution is -0.143. The van der Waals surface area contributed by atoms with Crippen molar-refractivity contribution in [2.24, 2.45) is 46.3 Å². The van der Waals surface area contributed by atoms with Crippen molar-refractivity contribution in [2.45, 2.75) is 105 Å². The molecule has 4 fully saturated rings. The standard InChI is InChI=1S/C26H44O2/c1-5-28-24(27)14-9-18(2)21-12-13-22-20-11-10-19-8-6-7-16-25(19,3)23(20)15-17-26(21,22)4/h18-23H,5-17H2,1-4H3/t18-,19+,20+,21-,22+,23+,25-,26+/m0/s1. The Hall–Kier alpha value is -0.530. The molecule has 0 amide bonds. The van der Waals surface area contributed by atoms with Gasteiger partial charge >= 0.3 is 5.97 Å². The highest BCUT2D eigenvalue weighted by atomic mass is 16.5. The zero-order valence-corrected chi connectivity index (χ0v) is 19.0. The summed E-state index contributed by atoms with van der Waals surface area (Å²) in [7, 11) is 0. The number of fused-ring (bicyclic) bond motifs is 5. The summed E-state index contributed by atoms with van der Waals surface area (Å²) in [5.41, 5.74) is 1.17. The molecule has 0 spiro atoms. The fourth-order valence-corrected chi connectivity index (χ4v) is 9.05. The van der Waals surface area contributed by atoms with Crippen molar-refractivity contribution >= 4 is 5.97 Å². The van der Waals surface area contributed by atoms with Crippen molar-refractivity contribution in [3.05, 3.63) is 0 Å². The Morgan fingerprint density at radius 1 is 0.964 bits per heavy atom. The Bertz CT molecular complexity index is 571. The van der Waals surface area contributed by atoms with Crippen LogP contribution in [-0.4, -0.2) is 12.6 Å². The van der Waals surface area contributed by atoms with Crippen molar-refractivity contribution < 1.29 is 9.53 Å². The number of esters is 1. The number of hydrogen-bond donors (Lipinski definition) is 0. The molecule has 0 unspecified atom stereocenters. The van der Waals surface area contributed by atoms with Crippen molar-refractivity contribution in [1.82, 2.24) is 0 Å². The van der Waals surface area contributed by atoms with Crippen LogP contribution in [0.4, 0.5) is 0 Å². The fraction of sp³-hybridized carbons (Fsp3) is 0.962. The number of ether oxygens (including phenoxy) is 1. The highest BCUT2D eigenvalue weighted by Gasteiger charge is 2.60. The summed E-state index contributed by atoms with van der Waals surface area (Å²) < 4.78 is 5.18. The van der Waals surface area contributed by atoms with Gasteiger partial charge in [0.15, 0.2) is 0 Å². The predicted molar refractivity (Wildman–Crippen MR) is 115 cm³/mol. The van der Waals surface area contributed by atoms with Crippen LogP contribution < -0.4 is 0 Å². The number of carbonyl (C=O) groups is 1. The Labute approximate surface area is 173 Å². The van der Waals surface area contributed by atoms with E-state index in [1.807, 2.05) is 6.92 Å². The van der Waals surface area contributed by atoms with Crippen LogP contribution in [0.15, 0.2) is 0 Å². The van der Waals surface area contributed by atoms with Gasteiger partial charge in [-0.15, -0.1) is 0 Å². The Kier molecular flexibility index (Phi) is 5.89. The Morgan fingerprint density at radius 3 is 2.54 bits per heavy atom. The van der Waals surface area contributed by atoms with Crippen LogP contribution >= 0.6 is 0 Å². The number of carbonyl (C=O) groups excluding carboxylic acids is 1. The zero-order chi connectivity index (χ0) is 19.9. The third-order valence-electron chi connectivity index (χ3n) is 10.5. The first-order valence-corrected chi connectivity index (χ1v) is 12.6. The summed E-state index contributed by atoms with van der Waals surface area (Å²) in [6.45, 7) is 10.2. The largest absolute Gasteiger partial charge is 0.466 e. The molecular formula is C26H44O2. The highest BCUT2D eigenvalue weighted by Crippen LogP contribution is 2.68. The van der Waals surface area contributed by atoms with E-state index in [1.165, 1.54) is 64.2 Å². The molecule has 0 heterocycles. The topological polar surface area (TPSA) is 26.3 Å². The second kappa shape index (κ2) is 7.95. The Morgan fingerprint density at radius 2 is 1.75 bits per heavy atom. The zero-order valence-electron chi connectivity index (χ0n) is 19.0. The molecule has 0 aromatic heterocycles. The van der Waals surface area contributed by atoms with E-state index in [-0.39, 0.29) is 5.97 Å². The molecular weight excluding hydrogens is 344 g/mol. The second-order valence-corrected chi connectivity index (χ2v) is 11.5. The monoisotopic (exact) mass is 388 g/mol. The average molecular weight is 389 g/mol. The summed E-state index contributed by atoms with van der Waals surface area (Å²) in [5.74, 6) is 5.41. The van der Waals surface area contributed by atoms with E-state index in [2.05, 4.69) is 20.8 Å². The van der Waals surface area contributed by atoms with E-state index in [1.54, 1.807) is 0 Å². The van der Waals surface area contributed by atoms with Gasteiger partial charge in [-0.05, 0) is 111 Å². The van der Waals surface area contributed by atoms with Crippen LogP contribution in [0.3, 0.4) is 0 Å². The first-order valence-electron chi connectivity index (χ1n) is 12.6. The van der Waals surface area contributed by atoms with Crippen molar-refractivity contribution in [3.63, 3.8) is 0 Å². The lowest BCUT2D eigenvalue weighted by Crippen LogP contribution is -2.53. The van der Waals surface area contributed by atoms with Gasteiger partial charge in [0.25, 0.3) is 0 Å². The maximum absolute atomic E-state index is 11.9. The lowest BCUT2D eigenvalue weighted by atomic mass is 9.44.